The maximum Gasteiger partial charge on any atom is 0.209 e. The molecule has 0 saturated carbocycles. The molecule has 0 heterocycles. The average Bonchev–Trinajstić information content (AvgIpc) is 2.03. The van der Waals surface area contributed by atoms with Crippen molar-refractivity contribution in [2.75, 3.05) is 13.2 Å². The highest BCUT2D eigenvalue weighted by molar-refractivity contribution is 4.39. The van der Waals surface area contributed by atoms with Crippen molar-refractivity contribution >= 4 is 0 Å². The summed E-state index contributed by atoms with van der Waals surface area (Å²) in [4.78, 5) is 0. The molecule has 0 unspecified atom stereocenters. The Hall–Kier alpha value is -0.0800. The predicted molar refractivity (Wildman–Crippen MR) is 46.0 cm³/mol. The Morgan fingerprint density at radius 1 is 1.00 bits per heavy atom. The molecule has 0 rings (SSSR count). The molecule has 0 aliphatic heterocycles. The monoisotopic (exact) mass is 159 g/mol. The maximum atomic E-state index is 5.07. The first-order chi connectivity index (χ1) is 5.41. The van der Waals surface area contributed by atoms with Crippen LogP contribution in [0.4, 0.5) is 0 Å². The van der Waals surface area contributed by atoms with Crippen molar-refractivity contribution in [2.45, 2.75) is 39.5 Å². The summed E-state index contributed by atoms with van der Waals surface area (Å²) in [5.41, 5.74) is 0. The molecule has 0 bridgehead atoms. The quantitative estimate of drug-likeness (QED) is 0.507. The Morgan fingerprint density at radius 3 is 2.45 bits per heavy atom. The van der Waals surface area contributed by atoms with E-state index in [2.05, 4.69) is 6.92 Å². The molecule has 11 heavy (non-hydrogen) atoms. The lowest BCUT2D eigenvalue weighted by molar-refractivity contribution is 0.0245. The van der Waals surface area contributed by atoms with Gasteiger partial charge in [0.05, 0.1) is 0 Å². The fraction of sp³-hybridized carbons (Fsp3) is 0.889. The van der Waals surface area contributed by atoms with Crippen LogP contribution in [0.15, 0.2) is 0 Å². The minimum atomic E-state index is 0.689. The first kappa shape index (κ1) is 10.9. The van der Waals surface area contributed by atoms with Crippen molar-refractivity contribution in [3.05, 3.63) is 6.79 Å². The molecule has 0 aromatic rings. The van der Waals surface area contributed by atoms with Crippen LogP contribution in [0, 0.1) is 6.79 Å². The zero-order chi connectivity index (χ0) is 8.36. The fourth-order valence-electron chi connectivity index (χ4n) is 0.776. The molecule has 0 amide bonds. The number of ether oxygens (including phenoxy) is 2. The largest absolute Gasteiger partial charge is 0.348 e. The number of rotatable bonds is 8. The van der Waals surface area contributed by atoms with Crippen molar-refractivity contribution < 1.29 is 9.47 Å². The van der Waals surface area contributed by atoms with E-state index in [1.165, 1.54) is 26.1 Å². The number of hydrogen-bond donors (Lipinski definition) is 0. The van der Waals surface area contributed by atoms with Gasteiger partial charge in [-0.05, 0) is 13.3 Å². The second-order valence-electron chi connectivity index (χ2n) is 2.48. The van der Waals surface area contributed by atoms with Crippen molar-refractivity contribution in [2.24, 2.45) is 0 Å². The summed E-state index contributed by atoms with van der Waals surface area (Å²) in [6, 6.07) is 0. The summed E-state index contributed by atoms with van der Waals surface area (Å²) in [5.74, 6) is 0. The van der Waals surface area contributed by atoms with E-state index in [-0.39, 0.29) is 0 Å². The van der Waals surface area contributed by atoms with E-state index in [1.807, 2.05) is 6.92 Å². The van der Waals surface area contributed by atoms with Crippen LogP contribution in [0.25, 0.3) is 0 Å². The van der Waals surface area contributed by atoms with Crippen LogP contribution in [0.3, 0.4) is 0 Å². The fourth-order valence-corrected chi connectivity index (χ4v) is 0.776. The molecule has 0 aromatic heterocycles. The first-order valence-electron chi connectivity index (χ1n) is 4.46. The summed E-state index contributed by atoms with van der Waals surface area (Å²) in [7, 11) is 0. The Kier molecular flexibility index (Phi) is 9.85. The second-order valence-corrected chi connectivity index (χ2v) is 2.48. The van der Waals surface area contributed by atoms with E-state index < -0.39 is 0 Å². The smallest absolute Gasteiger partial charge is 0.209 e. The van der Waals surface area contributed by atoms with Crippen LogP contribution >= 0.6 is 0 Å². The molecule has 0 spiro atoms. The molecule has 0 aliphatic rings. The van der Waals surface area contributed by atoms with Gasteiger partial charge in [-0.1, -0.05) is 26.2 Å². The third-order valence-electron chi connectivity index (χ3n) is 1.42. The zero-order valence-corrected chi connectivity index (χ0v) is 7.64. The van der Waals surface area contributed by atoms with E-state index in [0.29, 0.717) is 6.61 Å². The molecule has 2 heteroatoms. The molecule has 0 aliphatic carbocycles. The topological polar surface area (TPSA) is 18.5 Å². The Labute approximate surface area is 69.9 Å². The Morgan fingerprint density at radius 2 is 1.82 bits per heavy atom. The molecule has 0 fully saturated rings. The van der Waals surface area contributed by atoms with Crippen LogP contribution in [-0.2, 0) is 9.47 Å². The lowest BCUT2D eigenvalue weighted by Gasteiger charge is -2.01. The summed E-state index contributed by atoms with van der Waals surface area (Å²) >= 11 is 0. The average molecular weight is 159 g/mol. The van der Waals surface area contributed by atoms with Gasteiger partial charge >= 0.3 is 0 Å². The van der Waals surface area contributed by atoms with E-state index in [9.17, 15) is 0 Å². The zero-order valence-electron chi connectivity index (χ0n) is 7.64. The molecular weight excluding hydrogens is 140 g/mol. The van der Waals surface area contributed by atoms with Crippen LogP contribution < -0.4 is 0 Å². The normalized spacial score (nSPS) is 10.4. The van der Waals surface area contributed by atoms with Gasteiger partial charge in [0.25, 0.3) is 0 Å². The second kappa shape index (κ2) is 9.92. The van der Waals surface area contributed by atoms with Gasteiger partial charge in [0.1, 0.15) is 0 Å². The van der Waals surface area contributed by atoms with E-state index in [1.54, 1.807) is 0 Å². The Bertz CT molecular complexity index is 56.6. The highest BCUT2D eigenvalue weighted by atomic mass is 16.7. The minimum absolute atomic E-state index is 0.689. The van der Waals surface area contributed by atoms with E-state index in [0.717, 1.165) is 13.0 Å². The first-order valence-corrected chi connectivity index (χ1v) is 4.46. The van der Waals surface area contributed by atoms with Gasteiger partial charge in [0.2, 0.25) is 6.79 Å². The third kappa shape index (κ3) is 9.92. The standard InChI is InChI=1S/C9H19O2/c1-3-5-6-7-8-11-9-10-4-2/h9H,3-8H2,1-2H3. The summed E-state index contributed by atoms with van der Waals surface area (Å²) in [6.45, 7) is 7.06. The van der Waals surface area contributed by atoms with Gasteiger partial charge < -0.3 is 9.47 Å². The van der Waals surface area contributed by atoms with Crippen molar-refractivity contribution in [3.63, 3.8) is 0 Å². The molecule has 0 N–H and O–H groups in total. The van der Waals surface area contributed by atoms with Gasteiger partial charge in [0, 0.05) is 13.2 Å². The predicted octanol–water partition coefficient (Wildman–Crippen LogP) is 2.74. The van der Waals surface area contributed by atoms with E-state index >= 15 is 0 Å². The molecule has 0 atom stereocenters. The van der Waals surface area contributed by atoms with Crippen LogP contribution in [0.5, 0.6) is 0 Å². The molecule has 0 saturated heterocycles. The van der Waals surface area contributed by atoms with Crippen LogP contribution in [0.1, 0.15) is 39.5 Å². The summed E-state index contributed by atoms with van der Waals surface area (Å²) in [6.07, 6.45) is 4.97. The van der Waals surface area contributed by atoms with Crippen molar-refractivity contribution in [1.82, 2.24) is 0 Å². The highest BCUT2D eigenvalue weighted by Gasteiger charge is 1.88. The summed E-state index contributed by atoms with van der Waals surface area (Å²) in [5, 5.41) is 0. The molecule has 2 nitrogen and oxygen atoms in total. The molecule has 1 radical (unpaired) electrons. The third-order valence-corrected chi connectivity index (χ3v) is 1.42. The molecular formula is C9H19O2. The van der Waals surface area contributed by atoms with Gasteiger partial charge in [-0.2, -0.15) is 0 Å². The maximum absolute atomic E-state index is 5.07. The number of unbranched alkanes of at least 4 members (excludes halogenated alkanes) is 3. The summed E-state index contributed by atoms with van der Waals surface area (Å²) < 4.78 is 9.97. The number of hydrogen-bond acceptors (Lipinski definition) is 2. The van der Waals surface area contributed by atoms with Crippen LogP contribution in [0.2, 0.25) is 0 Å². The van der Waals surface area contributed by atoms with Gasteiger partial charge in [-0.3, -0.25) is 0 Å². The highest BCUT2D eigenvalue weighted by Crippen LogP contribution is 1.99. The minimum Gasteiger partial charge on any atom is -0.348 e. The van der Waals surface area contributed by atoms with E-state index in [4.69, 9.17) is 9.47 Å². The van der Waals surface area contributed by atoms with Crippen LogP contribution in [-0.4, -0.2) is 13.2 Å². The van der Waals surface area contributed by atoms with Gasteiger partial charge in [-0.25, -0.2) is 0 Å². The van der Waals surface area contributed by atoms with Gasteiger partial charge in [0.15, 0.2) is 0 Å². The van der Waals surface area contributed by atoms with Crippen molar-refractivity contribution in [3.8, 4) is 0 Å². The molecule has 67 valence electrons. The Balaban J connectivity index is 2.69. The lowest BCUT2D eigenvalue weighted by Crippen LogP contribution is -1.95. The molecule has 0 aromatic carbocycles. The van der Waals surface area contributed by atoms with Gasteiger partial charge in [-0.15, -0.1) is 0 Å². The van der Waals surface area contributed by atoms with Crippen molar-refractivity contribution in [1.29, 1.82) is 0 Å². The lowest BCUT2D eigenvalue weighted by atomic mass is 10.2. The SMILES string of the molecule is CCCCCCO[CH]OCC.